The highest BCUT2D eigenvalue weighted by molar-refractivity contribution is 8.33. The lowest BCUT2D eigenvalue weighted by Crippen LogP contribution is -2.40. The largest absolute Gasteiger partial charge is 0.311 e. The highest BCUT2D eigenvalue weighted by Gasteiger charge is 2.36. The van der Waals surface area contributed by atoms with Gasteiger partial charge in [0.25, 0.3) is 0 Å². The van der Waals surface area contributed by atoms with E-state index in [0.29, 0.717) is 0 Å². The van der Waals surface area contributed by atoms with Crippen LogP contribution in [0.1, 0.15) is 103 Å². The topological polar surface area (TPSA) is 12.0 Å². The molecular weight excluding hydrogens is 310 g/mol. The average Bonchev–Trinajstić information content (AvgIpc) is 2.65. The Kier molecular flexibility index (Phi) is 7.40. The van der Waals surface area contributed by atoms with Crippen LogP contribution in [0.5, 0.6) is 0 Å². The Balaban J connectivity index is 1.83. The van der Waals surface area contributed by atoms with Crippen molar-refractivity contribution in [3.63, 3.8) is 0 Å². The van der Waals surface area contributed by atoms with Crippen molar-refractivity contribution in [3.8, 4) is 0 Å². The van der Waals surface area contributed by atoms with E-state index in [1.54, 1.807) is 0 Å². The molecule has 2 aliphatic carbocycles. The van der Waals surface area contributed by atoms with Crippen LogP contribution in [-0.2, 0) is 0 Å². The zero-order valence-corrected chi connectivity index (χ0v) is 17.3. The molecule has 1 saturated heterocycles. The molecule has 0 spiro atoms. The summed E-state index contributed by atoms with van der Waals surface area (Å²) in [6.07, 6.45) is 29.3. The third kappa shape index (κ3) is 5.16. The Hall–Kier alpha value is 0.310. The Morgan fingerprint density at radius 3 is 1.79 bits per heavy atom. The van der Waals surface area contributed by atoms with Gasteiger partial charge in [-0.1, -0.05) is 57.8 Å². The molecule has 3 aliphatic rings. The first-order valence-corrected chi connectivity index (χ1v) is 13.7. The Morgan fingerprint density at radius 2 is 1.08 bits per heavy atom. The van der Waals surface area contributed by atoms with Crippen LogP contribution in [0.25, 0.3) is 0 Å². The van der Waals surface area contributed by atoms with Gasteiger partial charge in [-0.3, -0.25) is 0 Å². The smallest absolute Gasteiger partial charge is 0.00796 e. The average molecular weight is 354 g/mol. The molecule has 4 atom stereocenters. The molecule has 24 heavy (non-hydrogen) atoms. The summed E-state index contributed by atoms with van der Waals surface area (Å²) in [5, 5.41) is 6.27. The first-order chi connectivity index (χ1) is 11.7. The molecule has 4 unspecified atom stereocenters. The molecule has 0 aromatic rings. The maximum Gasteiger partial charge on any atom is 0.00796 e. The summed E-state index contributed by atoms with van der Waals surface area (Å²) in [5.41, 5.74) is 0. The zero-order valence-electron chi connectivity index (χ0n) is 16.5. The normalized spacial score (nSPS) is 40.6. The lowest BCUT2D eigenvalue weighted by molar-refractivity contribution is 0.346. The minimum atomic E-state index is -0.467. The van der Waals surface area contributed by atoms with Gasteiger partial charge in [0, 0.05) is 12.1 Å². The van der Waals surface area contributed by atoms with E-state index < -0.39 is 10.0 Å². The van der Waals surface area contributed by atoms with Gasteiger partial charge < -0.3 is 5.32 Å². The van der Waals surface area contributed by atoms with E-state index in [4.69, 9.17) is 0 Å². The van der Waals surface area contributed by atoms with Crippen molar-refractivity contribution in [3.05, 3.63) is 0 Å². The zero-order chi connectivity index (χ0) is 16.8. The predicted octanol–water partition coefficient (Wildman–Crippen LogP) is 6.40. The van der Waals surface area contributed by atoms with E-state index in [9.17, 15) is 0 Å². The van der Waals surface area contributed by atoms with Crippen LogP contribution in [0.15, 0.2) is 0 Å². The first-order valence-electron chi connectivity index (χ1n) is 11.1. The molecule has 1 aliphatic heterocycles. The van der Waals surface area contributed by atoms with Gasteiger partial charge in [0.1, 0.15) is 0 Å². The molecule has 1 heterocycles. The van der Waals surface area contributed by atoms with E-state index in [1.165, 1.54) is 103 Å². The van der Waals surface area contributed by atoms with Crippen molar-refractivity contribution in [2.45, 2.75) is 125 Å². The molecule has 3 fully saturated rings. The monoisotopic (exact) mass is 353 g/mol. The molecule has 1 N–H and O–H groups in total. The van der Waals surface area contributed by atoms with Crippen molar-refractivity contribution < 1.29 is 0 Å². The molecule has 0 radical (unpaired) electrons. The summed E-state index contributed by atoms with van der Waals surface area (Å²) < 4.78 is 0. The molecule has 3 rings (SSSR count). The number of nitrogens with one attached hydrogen (secondary N) is 1. The third-order valence-corrected chi connectivity index (χ3v) is 11.8. The minimum Gasteiger partial charge on any atom is -0.311 e. The maximum absolute atomic E-state index is 4.20. The molecule has 2 heteroatoms. The molecule has 0 aromatic carbocycles. The molecule has 4 bridgehead atoms. The maximum atomic E-state index is 4.20. The molecule has 0 amide bonds. The summed E-state index contributed by atoms with van der Waals surface area (Å²) in [6.45, 7) is 0. The molecule has 1 nitrogen and oxygen atoms in total. The minimum absolute atomic E-state index is 0.467. The molecule has 2 saturated carbocycles. The summed E-state index contributed by atoms with van der Waals surface area (Å²) in [7, 11) is -0.467. The van der Waals surface area contributed by atoms with E-state index in [2.05, 4.69) is 17.8 Å². The fourth-order valence-electron chi connectivity index (χ4n) is 5.72. The summed E-state index contributed by atoms with van der Waals surface area (Å²) in [6, 6.07) is 1.65. The van der Waals surface area contributed by atoms with Crippen LogP contribution in [0.3, 0.4) is 0 Å². The highest BCUT2D eigenvalue weighted by Crippen LogP contribution is 2.57. The molecule has 142 valence electrons. The first kappa shape index (κ1) is 19.1. The Morgan fingerprint density at radius 1 is 0.542 bits per heavy atom. The predicted molar refractivity (Wildman–Crippen MR) is 112 cm³/mol. The van der Waals surface area contributed by atoms with E-state index >= 15 is 0 Å². The third-order valence-electron chi connectivity index (χ3n) is 7.48. The van der Waals surface area contributed by atoms with E-state index in [-0.39, 0.29) is 0 Å². The highest BCUT2D eigenvalue weighted by atomic mass is 32.3. The van der Waals surface area contributed by atoms with Gasteiger partial charge in [-0.15, -0.1) is 0 Å². The SMILES string of the molecule is CS1(C)C2CCCCCCCC(CC2)NC2CCCCCCC1C2. The van der Waals surface area contributed by atoms with Gasteiger partial charge in [-0.2, -0.15) is 0 Å². The van der Waals surface area contributed by atoms with Crippen molar-refractivity contribution in [2.24, 2.45) is 0 Å². The van der Waals surface area contributed by atoms with Crippen molar-refractivity contribution >= 4 is 10.0 Å². The van der Waals surface area contributed by atoms with Crippen molar-refractivity contribution in [2.75, 3.05) is 12.5 Å². The van der Waals surface area contributed by atoms with Gasteiger partial charge in [0.05, 0.1) is 0 Å². The molecule has 0 aromatic heterocycles. The summed E-state index contributed by atoms with van der Waals surface area (Å²) in [5.74, 6) is 0. The fourth-order valence-corrected chi connectivity index (χ4v) is 9.29. The van der Waals surface area contributed by atoms with Crippen LogP contribution in [0, 0.1) is 0 Å². The fraction of sp³-hybridized carbons (Fsp3) is 1.00. The van der Waals surface area contributed by atoms with Crippen LogP contribution >= 0.6 is 10.0 Å². The lowest BCUT2D eigenvalue weighted by Gasteiger charge is -2.47. The van der Waals surface area contributed by atoms with E-state index in [1.807, 2.05) is 0 Å². The Labute approximate surface area is 153 Å². The number of fused-ring (bicyclic) bond motifs is 5. The van der Waals surface area contributed by atoms with Gasteiger partial charge in [0.2, 0.25) is 0 Å². The van der Waals surface area contributed by atoms with E-state index in [0.717, 1.165) is 22.6 Å². The standard InChI is InChI=1S/C22H43NS/c1-24(2)21-14-10-5-3-4-8-12-19(16-17-21)23-20-13-9-6-7-11-15-22(24)18-20/h19-23H,3-18H2,1-2H3. The summed E-state index contributed by atoms with van der Waals surface area (Å²) in [4.78, 5) is 0. The van der Waals surface area contributed by atoms with Crippen LogP contribution < -0.4 is 5.32 Å². The van der Waals surface area contributed by atoms with Gasteiger partial charge in [-0.05, 0) is 68.0 Å². The van der Waals surface area contributed by atoms with Crippen molar-refractivity contribution in [1.29, 1.82) is 0 Å². The summed E-state index contributed by atoms with van der Waals surface area (Å²) >= 11 is 0. The lowest BCUT2D eigenvalue weighted by atomic mass is 9.98. The van der Waals surface area contributed by atoms with Crippen LogP contribution in [0.2, 0.25) is 0 Å². The number of rotatable bonds is 0. The second-order valence-electron chi connectivity index (χ2n) is 9.44. The van der Waals surface area contributed by atoms with Crippen molar-refractivity contribution in [1.82, 2.24) is 5.32 Å². The quantitative estimate of drug-likeness (QED) is 0.531. The van der Waals surface area contributed by atoms with Crippen LogP contribution in [-0.4, -0.2) is 35.1 Å². The Bertz CT molecular complexity index is 367. The number of hydrogen-bond acceptors (Lipinski definition) is 1. The number of hydrogen-bond donors (Lipinski definition) is 1. The van der Waals surface area contributed by atoms with Gasteiger partial charge in [-0.25, -0.2) is 10.0 Å². The molecular formula is C22H43NS. The second kappa shape index (κ2) is 9.31. The van der Waals surface area contributed by atoms with Gasteiger partial charge >= 0.3 is 0 Å². The van der Waals surface area contributed by atoms with Gasteiger partial charge in [0.15, 0.2) is 0 Å². The van der Waals surface area contributed by atoms with Crippen LogP contribution in [0.4, 0.5) is 0 Å². The second-order valence-corrected chi connectivity index (χ2v) is 13.7.